The number of aromatic hydroxyl groups is 1. The van der Waals surface area contributed by atoms with Gasteiger partial charge in [-0.05, 0) is 129 Å². The molecule has 4 heteroatoms. The van der Waals surface area contributed by atoms with E-state index in [1.54, 1.807) is 24.4 Å². The first-order chi connectivity index (χ1) is 35.4. The Labute approximate surface area is 405 Å². The van der Waals surface area contributed by atoms with Gasteiger partial charge in [-0.3, -0.25) is 9.55 Å². The lowest BCUT2D eigenvalue weighted by molar-refractivity contribution is 0.446. The van der Waals surface area contributed by atoms with Gasteiger partial charge in [0, 0.05) is 36.7 Å². The molecule has 7 aromatic carbocycles. The highest BCUT2D eigenvalue weighted by molar-refractivity contribution is 5.98. The number of nitrogens with zero attached hydrogens (tertiary/aromatic N) is 3. The van der Waals surface area contributed by atoms with Gasteiger partial charge in [-0.1, -0.05) is 177 Å². The van der Waals surface area contributed by atoms with Crippen LogP contribution >= 0.6 is 0 Å². The maximum Gasteiger partial charge on any atom is 0.149 e. The molecule has 2 aromatic heterocycles. The van der Waals surface area contributed by atoms with Crippen molar-refractivity contribution in [2.24, 2.45) is 0 Å². The minimum absolute atomic E-state index is 0.0349. The number of aromatic nitrogens is 3. The minimum atomic E-state index is -2.85. The van der Waals surface area contributed by atoms with Gasteiger partial charge in [0.05, 0.1) is 33.5 Å². The van der Waals surface area contributed by atoms with Gasteiger partial charge < -0.3 is 5.11 Å². The first-order valence-corrected chi connectivity index (χ1v) is 22.4. The van der Waals surface area contributed by atoms with Gasteiger partial charge in [-0.2, -0.15) is 0 Å². The quantitative estimate of drug-likeness (QED) is 0.174. The van der Waals surface area contributed by atoms with Crippen LogP contribution in [0.15, 0.2) is 164 Å². The molecule has 0 aliphatic rings. The van der Waals surface area contributed by atoms with Gasteiger partial charge in [-0.15, -0.1) is 0 Å². The maximum absolute atomic E-state index is 12.7. The highest BCUT2D eigenvalue weighted by atomic mass is 16.3. The summed E-state index contributed by atoms with van der Waals surface area (Å²) in [5, 5.41) is 12.7. The van der Waals surface area contributed by atoms with Crippen molar-refractivity contribution in [3.8, 4) is 78.6 Å². The van der Waals surface area contributed by atoms with Crippen LogP contribution in [-0.2, 0) is 16.2 Å². The number of hydrogen-bond acceptors (Lipinski definition) is 3. The third-order valence-electron chi connectivity index (χ3n) is 12.3. The molecule has 0 radical (unpaired) electrons. The highest BCUT2D eigenvalue weighted by Gasteiger charge is 2.30. The Balaban J connectivity index is 1.39. The Kier molecular flexibility index (Phi) is 8.49. The van der Waals surface area contributed by atoms with Crippen molar-refractivity contribution in [2.75, 3.05) is 0 Å². The lowest BCUT2D eigenvalue weighted by Crippen LogP contribution is -2.17. The second-order valence-corrected chi connectivity index (χ2v) is 20.2. The summed E-state index contributed by atoms with van der Waals surface area (Å²) in [6.45, 7) is 13.6. The molecule has 0 unspecified atom stereocenters. The number of imidazole rings is 1. The molecule has 1 N–H and O–H groups in total. The van der Waals surface area contributed by atoms with E-state index in [2.05, 4.69) is 79.0 Å². The average Bonchev–Trinajstić information content (AvgIpc) is 3.74. The molecule has 0 amide bonds. The maximum atomic E-state index is 12.7. The first kappa shape index (κ1) is 33.4. The summed E-state index contributed by atoms with van der Waals surface area (Å²) in [5.41, 5.74) is 9.22. The average molecular weight is 874 g/mol. The number of pyridine rings is 1. The Bertz CT molecular complexity index is 3700. The van der Waals surface area contributed by atoms with Gasteiger partial charge >= 0.3 is 0 Å². The van der Waals surface area contributed by atoms with Crippen LogP contribution in [0.5, 0.6) is 5.75 Å². The summed E-state index contributed by atoms with van der Waals surface area (Å²) in [6, 6.07) is 40.3. The van der Waals surface area contributed by atoms with Crippen molar-refractivity contribution in [1.29, 1.82) is 0 Å². The third kappa shape index (κ3) is 8.49. The summed E-state index contributed by atoms with van der Waals surface area (Å²) in [5.74, 6) is 0.528. The van der Waals surface area contributed by atoms with Gasteiger partial charge in [0.25, 0.3) is 0 Å². The molecule has 9 rings (SSSR count). The molecule has 0 atom stereocenters. The van der Waals surface area contributed by atoms with Crippen LogP contribution in [0.4, 0.5) is 0 Å². The van der Waals surface area contributed by atoms with Crippen molar-refractivity contribution in [1.82, 2.24) is 14.5 Å². The molecule has 4 nitrogen and oxygen atoms in total. The van der Waals surface area contributed by atoms with Crippen molar-refractivity contribution in [3.63, 3.8) is 0 Å². The van der Waals surface area contributed by atoms with Crippen molar-refractivity contribution < 1.29 is 18.8 Å². The van der Waals surface area contributed by atoms with Gasteiger partial charge in [-0.25, -0.2) is 4.98 Å². The molecule has 0 bridgehead atoms. The largest absolute Gasteiger partial charge is 0.507 e. The number of aryl methyl sites for hydroxylation is 1. The zero-order chi connectivity index (χ0) is 55.2. The molecular formula is C62H61N3O. The zero-order valence-corrected chi connectivity index (χ0v) is 39.1. The van der Waals surface area contributed by atoms with E-state index < -0.39 is 48.9 Å². The van der Waals surface area contributed by atoms with E-state index in [0.717, 1.165) is 38.9 Å². The van der Waals surface area contributed by atoms with Gasteiger partial charge in [0.2, 0.25) is 0 Å². The number of para-hydroxylation sites is 1. The zero-order valence-electron chi connectivity index (χ0n) is 49.1. The Hall–Kier alpha value is -7.04. The van der Waals surface area contributed by atoms with Crippen LogP contribution in [0, 0.1) is 13.7 Å². The van der Waals surface area contributed by atoms with E-state index in [1.807, 2.05) is 103 Å². The molecule has 0 saturated carbocycles. The number of rotatable bonds is 7. The standard InChI is InChI=1S/C62H61N3O/c1-39-25-27-41(28-26-39)44-29-30-63-54(35-44)46-32-45(33-47(34-46)60(3,4)5)49-23-18-24-55-57(49)64-59(52-36-48(61(6,7)8)37-53(58(52)66)62(9,10)11)65(55)56-38-50(42-19-14-12-15-20-42)40(2)31-51(56)43-21-16-13-17-22-43/h12-38,66H,1-11H3/i1D3,2D3,25D,26D,27D,28D. The Morgan fingerprint density at radius 1 is 0.515 bits per heavy atom. The van der Waals surface area contributed by atoms with E-state index in [0.29, 0.717) is 56.1 Å². The van der Waals surface area contributed by atoms with Crippen LogP contribution in [0.3, 0.4) is 0 Å². The SMILES string of the molecule is [2H]c1c([2H])c(C([2H])([2H])[2H])c([2H])c([2H])c1-c1ccnc(-c2cc(-c3cccc4c3nc(-c3cc(C(C)(C)C)cc(C(C)(C)C)c3O)n4-c3cc(-c4ccccc4)c(C([2H])([2H])[2H])cc3-c3ccccc3)cc(C(C)(C)C)c2)c1. The predicted octanol–water partition coefficient (Wildman–Crippen LogP) is 16.6. The number of benzene rings is 7. The fraction of sp³-hybridized carbons (Fsp3) is 0.226. The molecule has 66 heavy (non-hydrogen) atoms. The molecule has 0 aliphatic heterocycles. The van der Waals surface area contributed by atoms with Crippen molar-refractivity contribution in [2.45, 2.75) is 92.3 Å². The second kappa shape index (κ2) is 16.7. The second-order valence-electron chi connectivity index (χ2n) is 20.2. The van der Waals surface area contributed by atoms with Crippen LogP contribution < -0.4 is 0 Å². The normalized spacial score (nSPS) is 14.8. The van der Waals surface area contributed by atoms with Crippen LogP contribution in [0.25, 0.3) is 83.9 Å². The molecule has 0 fully saturated rings. The van der Waals surface area contributed by atoms with Gasteiger partial charge in [0.1, 0.15) is 11.6 Å². The van der Waals surface area contributed by atoms with Crippen molar-refractivity contribution in [3.05, 3.63) is 192 Å². The fourth-order valence-corrected chi connectivity index (χ4v) is 8.61. The predicted molar refractivity (Wildman–Crippen MR) is 279 cm³/mol. The van der Waals surface area contributed by atoms with E-state index in [9.17, 15) is 5.11 Å². The molecule has 9 aromatic rings. The monoisotopic (exact) mass is 874 g/mol. The molecule has 0 aliphatic carbocycles. The molecular weight excluding hydrogens is 803 g/mol. The van der Waals surface area contributed by atoms with E-state index in [-0.39, 0.29) is 27.7 Å². The number of fused-ring (bicyclic) bond motifs is 1. The van der Waals surface area contributed by atoms with E-state index in [1.165, 1.54) is 0 Å². The van der Waals surface area contributed by atoms with Crippen molar-refractivity contribution >= 4 is 11.0 Å². The lowest BCUT2D eigenvalue weighted by atomic mass is 9.79. The smallest absolute Gasteiger partial charge is 0.149 e. The van der Waals surface area contributed by atoms with E-state index >= 15 is 0 Å². The Morgan fingerprint density at radius 2 is 1.17 bits per heavy atom. The van der Waals surface area contributed by atoms with Crippen LogP contribution in [0.1, 0.15) is 104 Å². The highest BCUT2D eigenvalue weighted by Crippen LogP contribution is 2.47. The number of hydrogen-bond donors (Lipinski definition) is 1. The molecule has 0 spiro atoms. The summed E-state index contributed by atoms with van der Waals surface area (Å²) in [7, 11) is 0. The molecule has 2 heterocycles. The first-order valence-electron chi connectivity index (χ1n) is 27.4. The molecule has 0 saturated heterocycles. The fourth-order valence-electron chi connectivity index (χ4n) is 8.61. The topological polar surface area (TPSA) is 50.9 Å². The summed E-state index contributed by atoms with van der Waals surface area (Å²) in [6.07, 6.45) is 1.54. The summed E-state index contributed by atoms with van der Waals surface area (Å²) < 4.78 is 87.6. The number of phenols is 1. The summed E-state index contributed by atoms with van der Waals surface area (Å²) in [4.78, 5) is 10.4. The van der Waals surface area contributed by atoms with Crippen LogP contribution in [-0.4, -0.2) is 19.6 Å². The third-order valence-corrected chi connectivity index (χ3v) is 12.3. The van der Waals surface area contributed by atoms with Gasteiger partial charge in [0.15, 0.2) is 0 Å². The summed E-state index contributed by atoms with van der Waals surface area (Å²) >= 11 is 0. The van der Waals surface area contributed by atoms with Crippen LogP contribution in [0.2, 0.25) is 0 Å². The van der Waals surface area contributed by atoms with E-state index in [4.69, 9.17) is 23.7 Å². The minimum Gasteiger partial charge on any atom is -0.507 e. The molecule has 330 valence electrons. The number of phenolic OH excluding ortho intramolecular Hbond substituents is 1. The lowest BCUT2D eigenvalue weighted by Gasteiger charge is -2.28. The Morgan fingerprint density at radius 3 is 1.80 bits per heavy atom.